The molecule has 1 aliphatic carbocycles. The maximum absolute atomic E-state index is 12.9. The van der Waals surface area contributed by atoms with E-state index in [4.69, 9.17) is 10.5 Å². The van der Waals surface area contributed by atoms with Gasteiger partial charge in [0, 0.05) is 24.3 Å². The van der Waals surface area contributed by atoms with E-state index in [0.717, 1.165) is 0 Å². The maximum Gasteiger partial charge on any atom is 0.308 e. The van der Waals surface area contributed by atoms with Crippen LogP contribution in [-0.2, 0) is 14.3 Å². The van der Waals surface area contributed by atoms with Crippen LogP contribution in [0.15, 0.2) is 24.3 Å². The molecule has 1 aliphatic heterocycles. The number of hydrogen-bond acceptors (Lipinski definition) is 5. The quantitative estimate of drug-likeness (QED) is 0.619. The monoisotopic (exact) mass is 332 g/mol. The Balaban J connectivity index is 1.89. The zero-order chi connectivity index (χ0) is 17.5. The molecular weight excluding hydrogens is 312 g/mol. The zero-order valence-electron chi connectivity index (χ0n) is 13.4. The first-order valence-corrected chi connectivity index (χ1v) is 7.87. The summed E-state index contributed by atoms with van der Waals surface area (Å²) in [4.78, 5) is 38.9. The Morgan fingerprint density at radius 1 is 1.21 bits per heavy atom. The number of carbonyl (C=O) groups is 3. The summed E-state index contributed by atoms with van der Waals surface area (Å²) in [6.45, 7) is 3.22. The SMILES string of the molecule is C[C@@]1(C(=O)c2ccccc2N)[C@H](C(=O)O)[C@@H]1C(=O)N1CCOCC1. The summed E-state index contributed by atoms with van der Waals surface area (Å²) in [7, 11) is 0. The second-order valence-corrected chi connectivity index (χ2v) is 6.43. The average molecular weight is 332 g/mol. The normalized spacial score (nSPS) is 29.1. The van der Waals surface area contributed by atoms with Crippen LogP contribution in [0, 0.1) is 17.3 Å². The van der Waals surface area contributed by atoms with Gasteiger partial charge in [0.25, 0.3) is 0 Å². The number of nitrogens with zero attached hydrogens (tertiary/aromatic N) is 1. The molecule has 2 fully saturated rings. The molecule has 3 N–H and O–H groups in total. The second-order valence-electron chi connectivity index (χ2n) is 6.43. The Labute approximate surface area is 139 Å². The van der Waals surface area contributed by atoms with Crippen molar-refractivity contribution in [3.63, 3.8) is 0 Å². The Kier molecular flexibility index (Phi) is 4.04. The number of Topliss-reactive ketones (excluding diaryl/α,β-unsaturated/α-hetero) is 1. The van der Waals surface area contributed by atoms with Crippen LogP contribution in [0.2, 0.25) is 0 Å². The number of rotatable bonds is 4. The first-order valence-electron chi connectivity index (χ1n) is 7.87. The largest absolute Gasteiger partial charge is 0.481 e. The number of hydrogen-bond donors (Lipinski definition) is 2. The van der Waals surface area contributed by atoms with Crippen LogP contribution in [0.4, 0.5) is 5.69 Å². The van der Waals surface area contributed by atoms with Crippen LogP contribution in [-0.4, -0.2) is 54.0 Å². The molecule has 0 radical (unpaired) electrons. The van der Waals surface area contributed by atoms with Gasteiger partial charge >= 0.3 is 5.97 Å². The number of nitrogens with two attached hydrogens (primary N) is 1. The molecule has 0 aromatic heterocycles. The van der Waals surface area contributed by atoms with E-state index in [1.807, 2.05) is 0 Å². The minimum absolute atomic E-state index is 0.267. The minimum Gasteiger partial charge on any atom is -0.481 e. The van der Waals surface area contributed by atoms with Crippen molar-refractivity contribution in [1.29, 1.82) is 0 Å². The Hall–Kier alpha value is -2.41. The Morgan fingerprint density at radius 2 is 1.83 bits per heavy atom. The number of carbonyl (C=O) groups excluding carboxylic acids is 2. The molecule has 0 spiro atoms. The van der Waals surface area contributed by atoms with Gasteiger partial charge in [0.15, 0.2) is 5.78 Å². The van der Waals surface area contributed by atoms with Gasteiger partial charge in [-0.2, -0.15) is 0 Å². The van der Waals surface area contributed by atoms with Crippen molar-refractivity contribution in [2.45, 2.75) is 6.92 Å². The number of anilines is 1. The molecule has 1 saturated heterocycles. The fourth-order valence-electron chi connectivity index (χ4n) is 3.57. The third kappa shape index (κ3) is 2.45. The van der Waals surface area contributed by atoms with Crippen molar-refractivity contribution in [1.82, 2.24) is 4.90 Å². The van der Waals surface area contributed by atoms with Gasteiger partial charge in [0.05, 0.1) is 30.5 Å². The topological polar surface area (TPSA) is 110 Å². The highest BCUT2D eigenvalue weighted by Crippen LogP contribution is 2.61. The van der Waals surface area contributed by atoms with E-state index in [-0.39, 0.29) is 22.9 Å². The van der Waals surface area contributed by atoms with Gasteiger partial charge in [-0.1, -0.05) is 19.1 Å². The summed E-state index contributed by atoms with van der Waals surface area (Å²) in [5.41, 5.74) is 5.14. The first kappa shape index (κ1) is 16.4. The van der Waals surface area contributed by atoms with E-state index in [1.165, 1.54) is 0 Å². The number of ketones is 1. The highest BCUT2D eigenvalue weighted by atomic mass is 16.5. The maximum atomic E-state index is 12.9. The summed E-state index contributed by atoms with van der Waals surface area (Å²) < 4.78 is 5.22. The van der Waals surface area contributed by atoms with Crippen LogP contribution in [0.5, 0.6) is 0 Å². The minimum atomic E-state index is -1.27. The van der Waals surface area contributed by atoms with Gasteiger partial charge in [0.1, 0.15) is 0 Å². The third-order valence-corrected chi connectivity index (χ3v) is 5.07. The zero-order valence-corrected chi connectivity index (χ0v) is 13.4. The van der Waals surface area contributed by atoms with E-state index in [1.54, 1.807) is 36.1 Å². The summed E-state index contributed by atoms with van der Waals surface area (Å²) in [5, 5.41) is 9.49. The molecule has 0 unspecified atom stereocenters. The predicted octanol–water partition coefficient (Wildman–Crippen LogP) is 0.647. The number of amides is 1. The molecule has 1 aromatic carbocycles. The van der Waals surface area contributed by atoms with E-state index >= 15 is 0 Å². The van der Waals surface area contributed by atoms with Gasteiger partial charge in [-0.25, -0.2) is 0 Å². The number of carboxylic acids is 1. The van der Waals surface area contributed by atoms with Crippen LogP contribution < -0.4 is 5.73 Å². The predicted molar refractivity (Wildman–Crippen MR) is 85.3 cm³/mol. The van der Waals surface area contributed by atoms with Crippen molar-refractivity contribution in [2.75, 3.05) is 32.0 Å². The van der Waals surface area contributed by atoms with Crippen LogP contribution in [0.3, 0.4) is 0 Å². The fourth-order valence-corrected chi connectivity index (χ4v) is 3.57. The van der Waals surface area contributed by atoms with Gasteiger partial charge < -0.3 is 20.5 Å². The molecule has 1 saturated carbocycles. The van der Waals surface area contributed by atoms with Gasteiger partial charge in [-0.3, -0.25) is 14.4 Å². The number of carboxylic acid groups (broad SMARTS) is 1. The van der Waals surface area contributed by atoms with Crippen molar-refractivity contribution in [2.24, 2.45) is 17.3 Å². The lowest BCUT2D eigenvalue weighted by Crippen LogP contribution is -2.42. The van der Waals surface area contributed by atoms with Crippen molar-refractivity contribution < 1.29 is 24.2 Å². The molecule has 3 rings (SSSR count). The van der Waals surface area contributed by atoms with E-state index < -0.39 is 23.2 Å². The Bertz CT molecular complexity index is 698. The number of ether oxygens (including phenoxy) is 1. The van der Waals surface area contributed by atoms with Crippen LogP contribution in [0.1, 0.15) is 17.3 Å². The standard InChI is InChI=1S/C17H20N2O5/c1-17(14(20)10-4-2-3-5-11(10)18)12(13(17)16(22)23)15(21)19-6-8-24-9-7-19/h2-5,12-13H,6-9,18H2,1H3,(H,22,23)/t12-,13+,17+/m1/s1. The summed E-state index contributed by atoms with van der Waals surface area (Å²) in [5.74, 6) is -3.71. The molecular formula is C17H20N2O5. The van der Waals surface area contributed by atoms with Crippen molar-refractivity contribution >= 4 is 23.3 Å². The molecule has 0 bridgehead atoms. The highest BCUT2D eigenvalue weighted by Gasteiger charge is 2.73. The van der Waals surface area contributed by atoms with Crippen LogP contribution in [0.25, 0.3) is 0 Å². The smallest absolute Gasteiger partial charge is 0.308 e. The molecule has 1 heterocycles. The Morgan fingerprint density at radius 3 is 2.42 bits per heavy atom. The number of morpholine rings is 1. The van der Waals surface area contributed by atoms with E-state index in [2.05, 4.69) is 0 Å². The molecule has 2 aliphatic rings. The summed E-state index contributed by atoms with van der Waals surface area (Å²) in [6.07, 6.45) is 0. The molecule has 1 aromatic rings. The molecule has 128 valence electrons. The first-order chi connectivity index (χ1) is 11.4. The number of nitrogen functional groups attached to an aromatic ring is 1. The second kappa shape index (κ2) is 5.90. The number of aliphatic carboxylic acids is 1. The summed E-state index contributed by atoms with van der Waals surface area (Å²) >= 11 is 0. The van der Waals surface area contributed by atoms with Crippen molar-refractivity contribution in [3.8, 4) is 0 Å². The number of benzene rings is 1. The van der Waals surface area contributed by atoms with Crippen LogP contribution >= 0.6 is 0 Å². The third-order valence-electron chi connectivity index (χ3n) is 5.07. The lowest BCUT2D eigenvalue weighted by Gasteiger charge is -2.27. The van der Waals surface area contributed by atoms with E-state index in [9.17, 15) is 19.5 Å². The van der Waals surface area contributed by atoms with Gasteiger partial charge in [-0.15, -0.1) is 0 Å². The van der Waals surface area contributed by atoms with Crippen molar-refractivity contribution in [3.05, 3.63) is 29.8 Å². The molecule has 7 heteroatoms. The lowest BCUT2D eigenvalue weighted by molar-refractivity contribution is -0.143. The lowest BCUT2D eigenvalue weighted by atomic mass is 9.91. The van der Waals surface area contributed by atoms with Gasteiger partial charge in [0.2, 0.25) is 5.91 Å². The number of para-hydroxylation sites is 1. The van der Waals surface area contributed by atoms with E-state index in [0.29, 0.717) is 26.3 Å². The molecule has 24 heavy (non-hydrogen) atoms. The fraction of sp³-hybridized carbons (Fsp3) is 0.471. The van der Waals surface area contributed by atoms with Gasteiger partial charge in [-0.05, 0) is 12.1 Å². The highest BCUT2D eigenvalue weighted by molar-refractivity contribution is 6.13. The summed E-state index contributed by atoms with van der Waals surface area (Å²) in [6, 6.07) is 6.53. The molecule has 3 atom stereocenters. The molecule has 7 nitrogen and oxygen atoms in total. The molecule has 1 amide bonds. The average Bonchev–Trinajstić information content (AvgIpc) is 3.22.